The van der Waals surface area contributed by atoms with Crippen molar-refractivity contribution >= 4 is 44.7 Å². The van der Waals surface area contributed by atoms with Crippen LogP contribution >= 0.6 is 23.1 Å². The zero-order valence-corrected chi connectivity index (χ0v) is 17.4. The third-order valence-corrected chi connectivity index (χ3v) is 6.82. The summed E-state index contributed by atoms with van der Waals surface area (Å²) in [6.07, 6.45) is 2.53. The molecule has 0 radical (unpaired) electrons. The van der Waals surface area contributed by atoms with Crippen molar-refractivity contribution in [2.75, 3.05) is 5.32 Å². The maximum Gasteiger partial charge on any atom is 0.238 e. The van der Waals surface area contributed by atoms with Crippen molar-refractivity contribution in [1.82, 2.24) is 14.8 Å². The Morgan fingerprint density at radius 2 is 2.07 bits per heavy atom. The molecule has 1 aromatic carbocycles. The first-order valence-corrected chi connectivity index (χ1v) is 11.6. The van der Waals surface area contributed by atoms with E-state index in [4.69, 9.17) is 5.14 Å². The van der Waals surface area contributed by atoms with Gasteiger partial charge in [-0.3, -0.25) is 4.79 Å². The summed E-state index contributed by atoms with van der Waals surface area (Å²) in [6, 6.07) is 9.80. The SMILES string of the molecule is CC(Sc1nncn1CCc1cccs1)C(=O)Nc1ccc(S(N)(=O)=O)cc1. The van der Waals surface area contributed by atoms with Crippen LogP contribution < -0.4 is 10.5 Å². The first-order chi connectivity index (χ1) is 13.3. The minimum absolute atomic E-state index is 0.00763. The molecule has 0 fully saturated rings. The number of amides is 1. The normalized spacial score (nSPS) is 12.6. The molecule has 11 heteroatoms. The lowest BCUT2D eigenvalue weighted by molar-refractivity contribution is -0.115. The Labute approximate surface area is 171 Å². The van der Waals surface area contributed by atoms with E-state index in [0.717, 1.165) is 13.0 Å². The average molecular weight is 438 g/mol. The van der Waals surface area contributed by atoms with E-state index in [-0.39, 0.29) is 10.8 Å². The van der Waals surface area contributed by atoms with Crippen LogP contribution in [0, 0.1) is 0 Å². The van der Waals surface area contributed by atoms with Gasteiger partial charge in [-0.05, 0) is 49.1 Å². The lowest BCUT2D eigenvalue weighted by Crippen LogP contribution is -2.23. The van der Waals surface area contributed by atoms with Crippen molar-refractivity contribution < 1.29 is 13.2 Å². The summed E-state index contributed by atoms with van der Waals surface area (Å²) in [5, 5.41) is 18.2. The first-order valence-electron chi connectivity index (χ1n) is 8.33. The van der Waals surface area contributed by atoms with E-state index in [1.807, 2.05) is 16.0 Å². The summed E-state index contributed by atoms with van der Waals surface area (Å²) in [6.45, 7) is 2.51. The Morgan fingerprint density at radius 3 is 2.71 bits per heavy atom. The van der Waals surface area contributed by atoms with Crippen molar-refractivity contribution in [1.29, 1.82) is 0 Å². The number of aromatic nitrogens is 3. The van der Waals surface area contributed by atoms with Crippen LogP contribution in [0.1, 0.15) is 11.8 Å². The minimum Gasteiger partial charge on any atom is -0.325 e. The van der Waals surface area contributed by atoms with Crippen molar-refractivity contribution in [3.8, 4) is 0 Å². The molecule has 148 valence electrons. The zero-order valence-electron chi connectivity index (χ0n) is 15.0. The fourth-order valence-corrected chi connectivity index (χ4v) is 4.42. The van der Waals surface area contributed by atoms with Gasteiger partial charge < -0.3 is 9.88 Å². The number of thiophene rings is 1. The van der Waals surface area contributed by atoms with E-state index in [1.165, 1.54) is 40.9 Å². The lowest BCUT2D eigenvalue weighted by Gasteiger charge is -2.12. The van der Waals surface area contributed by atoms with Gasteiger partial charge in [0.05, 0.1) is 10.1 Å². The number of sulfonamides is 1. The summed E-state index contributed by atoms with van der Waals surface area (Å²) in [5.74, 6) is -0.221. The second-order valence-electron chi connectivity index (χ2n) is 5.95. The maximum absolute atomic E-state index is 12.4. The molecule has 0 aliphatic heterocycles. The van der Waals surface area contributed by atoms with Gasteiger partial charge in [0.1, 0.15) is 6.33 Å². The number of rotatable bonds is 8. The molecule has 1 amide bonds. The molecule has 3 rings (SSSR count). The molecule has 28 heavy (non-hydrogen) atoms. The summed E-state index contributed by atoms with van der Waals surface area (Å²) in [4.78, 5) is 13.7. The van der Waals surface area contributed by atoms with E-state index in [9.17, 15) is 13.2 Å². The largest absolute Gasteiger partial charge is 0.325 e. The molecular weight excluding hydrogens is 418 g/mol. The van der Waals surface area contributed by atoms with Crippen LogP contribution in [0.5, 0.6) is 0 Å². The fourth-order valence-electron chi connectivity index (χ4n) is 2.36. The van der Waals surface area contributed by atoms with Gasteiger partial charge in [0.25, 0.3) is 0 Å². The molecule has 1 atom stereocenters. The van der Waals surface area contributed by atoms with Crippen molar-refractivity contribution in [3.05, 3.63) is 53.0 Å². The Hall–Kier alpha value is -2.21. The Kier molecular flexibility index (Phi) is 6.50. The van der Waals surface area contributed by atoms with Crippen LogP contribution in [-0.2, 0) is 27.8 Å². The number of benzene rings is 1. The number of aryl methyl sites for hydroxylation is 2. The molecule has 0 saturated heterocycles. The predicted molar refractivity (Wildman–Crippen MR) is 110 cm³/mol. The summed E-state index contributed by atoms with van der Waals surface area (Å²) in [7, 11) is -3.76. The third-order valence-electron chi connectivity index (χ3n) is 3.86. The van der Waals surface area contributed by atoms with Crippen LogP contribution in [0.2, 0.25) is 0 Å². The molecule has 0 saturated carbocycles. The van der Waals surface area contributed by atoms with E-state index >= 15 is 0 Å². The number of hydrogen-bond acceptors (Lipinski definition) is 7. The number of primary sulfonamides is 1. The van der Waals surface area contributed by atoms with Crippen molar-refractivity contribution in [2.45, 2.75) is 35.2 Å². The van der Waals surface area contributed by atoms with Gasteiger partial charge >= 0.3 is 0 Å². The van der Waals surface area contributed by atoms with E-state index in [2.05, 4.69) is 21.6 Å². The Morgan fingerprint density at radius 1 is 1.32 bits per heavy atom. The van der Waals surface area contributed by atoms with Crippen LogP contribution in [-0.4, -0.2) is 34.3 Å². The third kappa shape index (κ3) is 5.41. The standard InChI is InChI=1S/C17H19N5O3S3/c1-12(16(23)20-13-4-6-15(7-5-13)28(18,24)25)27-17-21-19-11-22(17)9-8-14-3-2-10-26-14/h2-7,10-12H,8-9H2,1H3,(H,20,23)(H2,18,24,25). The highest BCUT2D eigenvalue weighted by atomic mass is 32.2. The van der Waals surface area contributed by atoms with Crippen molar-refractivity contribution in [2.24, 2.45) is 5.14 Å². The fraction of sp³-hybridized carbons (Fsp3) is 0.235. The molecule has 3 aromatic rings. The highest BCUT2D eigenvalue weighted by Gasteiger charge is 2.18. The van der Waals surface area contributed by atoms with E-state index in [1.54, 1.807) is 24.6 Å². The molecule has 0 aliphatic rings. The molecule has 0 spiro atoms. The van der Waals surface area contributed by atoms with Crippen LogP contribution in [0.25, 0.3) is 0 Å². The number of nitrogens with one attached hydrogen (secondary N) is 1. The summed E-state index contributed by atoms with van der Waals surface area (Å²) in [5.41, 5.74) is 0.490. The smallest absolute Gasteiger partial charge is 0.238 e. The highest BCUT2D eigenvalue weighted by molar-refractivity contribution is 8.00. The van der Waals surface area contributed by atoms with Crippen LogP contribution in [0.3, 0.4) is 0 Å². The summed E-state index contributed by atoms with van der Waals surface area (Å²) >= 11 is 3.02. The minimum atomic E-state index is -3.76. The zero-order chi connectivity index (χ0) is 20.1. The lowest BCUT2D eigenvalue weighted by atomic mass is 10.3. The number of thioether (sulfide) groups is 1. The van der Waals surface area contributed by atoms with Gasteiger partial charge in [0, 0.05) is 17.1 Å². The topological polar surface area (TPSA) is 120 Å². The van der Waals surface area contributed by atoms with Gasteiger partial charge in [0.15, 0.2) is 5.16 Å². The number of hydrogen-bond donors (Lipinski definition) is 2. The monoisotopic (exact) mass is 437 g/mol. The first kappa shape index (κ1) is 20.5. The Balaban J connectivity index is 1.58. The second kappa shape index (κ2) is 8.86. The molecule has 2 aromatic heterocycles. The quantitative estimate of drug-likeness (QED) is 0.522. The van der Waals surface area contributed by atoms with Gasteiger partial charge in [-0.25, -0.2) is 13.6 Å². The van der Waals surface area contributed by atoms with E-state index < -0.39 is 15.3 Å². The molecule has 8 nitrogen and oxygen atoms in total. The van der Waals surface area contributed by atoms with E-state index in [0.29, 0.717) is 10.8 Å². The average Bonchev–Trinajstić information content (AvgIpc) is 3.31. The Bertz CT molecular complexity index is 1030. The number of anilines is 1. The molecule has 1 unspecified atom stereocenters. The molecule has 0 bridgehead atoms. The highest BCUT2D eigenvalue weighted by Crippen LogP contribution is 2.23. The molecular formula is C17H19N5O3S3. The number of nitrogens with two attached hydrogens (primary N) is 1. The second-order valence-corrected chi connectivity index (χ2v) is 9.86. The van der Waals surface area contributed by atoms with Gasteiger partial charge in [-0.1, -0.05) is 17.8 Å². The predicted octanol–water partition coefficient (Wildman–Crippen LogP) is 2.35. The van der Waals surface area contributed by atoms with Crippen molar-refractivity contribution in [3.63, 3.8) is 0 Å². The number of nitrogens with zero attached hydrogens (tertiary/aromatic N) is 3. The van der Waals surface area contributed by atoms with Gasteiger partial charge in [-0.15, -0.1) is 21.5 Å². The van der Waals surface area contributed by atoms with Gasteiger partial charge in [-0.2, -0.15) is 0 Å². The maximum atomic E-state index is 12.4. The molecule has 2 heterocycles. The molecule has 3 N–H and O–H groups in total. The number of carbonyl (C=O) groups is 1. The van der Waals surface area contributed by atoms with Gasteiger partial charge in [0.2, 0.25) is 15.9 Å². The summed E-state index contributed by atoms with van der Waals surface area (Å²) < 4.78 is 24.5. The van der Waals surface area contributed by atoms with Crippen LogP contribution in [0.4, 0.5) is 5.69 Å². The number of carbonyl (C=O) groups excluding carboxylic acids is 1. The van der Waals surface area contributed by atoms with Crippen LogP contribution in [0.15, 0.2) is 58.2 Å². The molecule has 0 aliphatic carbocycles.